The van der Waals surface area contributed by atoms with Gasteiger partial charge in [0.2, 0.25) is 0 Å². The fourth-order valence-electron chi connectivity index (χ4n) is 2.07. The molecule has 2 aromatic heterocycles. The number of methoxy groups -OCH3 is 1. The van der Waals surface area contributed by atoms with E-state index in [4.69, 9.17) is 9.47 Å². The summed E-state index contributed by atoms with van der Waals surface area (Å²) in [5.41, 5.74) is 0.812. The first-order chi connectivity index (χ1) is 11.7. The van der Waals surface area contributed by atoms with Crippen LogP contribution in [-0.4, -0.2) is 28.8 Å². The van der Waals surface area contributed by atoms with E-state index in [1.54, 1.807) is 18.4 Å². The molecule has 0 unspecified atom stereocenters. The van der Waals surface area contributed by atoms with Crippen molar-refractivity contribution < 1.29 is 14.3 Å². The standard InChI is InChI=1S/C16H13BrN2O3S2/c1-21-13-3-2-11(17)6-10(13)7-22-14(20)8-24-16-12-4-5-23-15(12)18-9-19-16/h2-6,9H,7-8H2,1H3. The van der Waals surface area contributed by atoms with Gasteiger partial charge in [-0.2, -0.15) is 0 Å². The lowest BCUT2D eigenvalue weighted by atomic mass is 10.2. The van der Waals surface area contributed by atoms with Crippen LogP contribution in [0.25, 0.3) is 10.2 Å². The molecule has 1 aromatic carbocycles. The minimum atomic E-state index is -0.302. The number of thioether (sulfide) groups is 1. The van der Waals surface area contributed by atoms with Crippen LogP contribution in [0, 0.1) is 0 Å². The van der Waals surface area contributed by atoms with Crippen LogP contribution in [-0.2, 0) is 16.1 Å². The van der Waals surface area contributed by atoms with Crippen molar-refractivity contribution in [3.05, 3.63) is 46.0 Å². The number of rotatable bonds is 6. The number of carbonyl (C=O) groups excluding carboxylic acids is 1. The fourth-order valence-corrected chi connectivity index (χ4v) is 4.06. The number of hydrogen-bond donors (Lipinski definition) is 0. The SMILES string of the molecule is COc1ccc(Br)cc1COC(=O)CSc1ncnc2sccc12. The van der Waals surface area contributed by atoms with Gasteiger partial charge in [-0.15, -0.1) is 11.3 Å². The van der Waals surface area contributed by atoms with Crippen molar-refractivity contribution in [2.24, 2.45) is 0 Å². The quantitative estimate of drug-likeness (QED) is 0.334. The minimum Gasteiger partial charge on any atom is -0.496 e. The number of esters is 1. The Bertz CT molecular complexity index is 869. The highest BCUT2D eigenvalue weighted by molar-refractivity contribution is 9.10. The molecule has 24 heavy (non-hydrogen) atoms. The first kappa shape index (κ1) is 17.2. The number of hydrogen-bond acceptors (Lipinski definition) is 7. The molecule has 0 atom stereocenters. The molecule has 0 N–H and O–H groups in total. The number of nitrogens with zero attached hydrogens (tertiary/aromatic N) is 2. The third kappa shape index (κ3) is 4.06. The highest BCUT2D eigenvalue weighted by Gasteiger charge is 2.11. The van der Waals surface area contributed by atoms with Gasteiger partial charge in [-0.3, -0.25) is 4.79 Å². The summed E-state index contributed by atoms with van der Waals surface area (Å²) in [6.45, 7) is 0.166. The average molecular weight is 425 g/mol. The molecule has 0 fully saturated rings. The summed E-state index contributed by atoms with van der Waals surface area (Å²) in [4.78, 5) is 21.4. The van der Waals surface area contributed by atoms with E-state index in [9.17, 15) is 4.79 Å². The Kier molecular flexibility index (Phi) is 5.70. The van der Waals surface area contributed by atoms with Crippen LogP contribution in [0.1, 0.15) is 5.56 Å². The van der Waals surface area contributed by atoms with Crippen LogP contribution in [0.4, 0.5) is 0 Å². The molecule has 3 aromatic rings. The van der Waals surface area contributed by atoms with E-state index in [1.165, 1.54) is 18.1 Å². The van der Waals surface area contributed by atoms with Crippen molar-refractivity contribution in [1.29, 1.82) is 0 Å². The molecule has 0 spiro atoms. The van der Waals surface area contributed by atoms with Crippen molar-refractivity contribution in [2.75, 3.05) is 12.9 Å². The van der Waals surface area contributed by atoms with Crippen LogP contribution in [0.5, 0.6) is 5.75 Å². The molecule has 0 bridgehead atoms. The number of carbonyl (C=O) groups is 1. The highest BCUT2D eigenvalue weighted by Crippen LogP contribution is 2.28. The first-order valence-electron chi connectivity index (χ1n) is 6.96. The van der Waals surface area contributed by atoms with Gasteiger partial charge in [0.05, 0.1) is 12.9 Å². The van der Waals surface area contributed by atoms with Crippen molar-refractivity contribution >= 4 is 55.2 Å². The van der Waals surface area contributed by atoms with E-state index < -0.39 is 0 Å². The Morgan fingerprint density at radius 1 is 1.33 bits per heavy atom. The lowest BCUT2D eigenvalue weighted by Crippen LogP contribution is -2.08. The zero-order valence-corrected chi connectivity index (χ0v) is 15.9. The summed E-state index contributed by atoms with van der Waals surface area (Å²) < 4.78 is 11.5. The van der Waals surface area contributed by atoms with E-state index in [2.05, 4.69) is 25.9 Å². The number of benzene rings is 1. The molecule has 124 valence electrons. The zero-order valence-electron chi connectivity index (χ0n) is 12.7. The molecular weight excluding hydrogens is 412 g/mol. The van der Waals surface area contributed by atoms with Crippen molar-refractivity contribution in [3.8, 4) is 5.75 Å². The average Bonchev–Trinajstić information content (AvgIpc) is 3.07. The van der Waals surface area contributed by atoms with E-state index >= 15 is 0 Å². The molecule has 0 amide bonds. The molecule has 0 radical (unpaired) electrons. The van der Waals surface area contributed by atoms with Crippen LogP contribution >= 0.6 is 39.0 Å². The molecule has 0 saturated carbocycles. The van der Waals surface area contributed by atoms with Gasteiger partial charge in [0, 0.05) is 15.4 Å². The predicted octanol–water partition coefficient (Wildman–Crippen LogP) is 4.30. The van der Waals surface area contributed by atoms with Crippen LogP contribution in [0.3, 0.4) is 0 Å². The first-order valence-corrected chi connectivity index (χ1v) is 9.62. The largest absolute Gasteiger partial charge is 0.496 e. The summed E-state index contributed by atoms with van der Waals surface area (Å²) in [5.74, 6) is 0.580. The van der Waals surface area contributed by atoms with E-state index in [0.717, 1.165) is 25.3 Å². The number of halogens is 1. The monoisotopic (exact) mass is 424 g/mol. The number of aromatic nitrogens is 2. The maximum atomic E-state index is 12.0. The topological polar surface area (TPSA) is 61.3 Å². The second kappa shape index (κ2) is 7.96. The van der Waals surface area contributed by atoms with Gasteiger partial charge in [0.1, 0.15) is 28.5 Å². The lowest BCUT2D eigenvalue weighted by Gasteiger charge is -2.10. The molecule has 8 heteroatoms. The Labute approximate surface area is 155 Å². The van der Waals surface area contributed by atoms with E-state index in [-0.39, 0.29) is 18.3 Å². The molecule has 3 rings (SSSR count). The van der Waals surface area contributed by atoms with Gasteiger partial charge >= 0.3 is 5.97 Å². The maximum absolute atomic E-state index is 12.0. The van der Waals surface area contributed by atoms with Crippen LogP contribution in [0.15, 0.2) is 45.5 Å². The molecule has 5 nitrogen and oxygen atoms in total. The Balaban J connectivity index is 1.58. The van der Waals surface area contributed by atoms with Gasteiger partial charge in [-0.05, 0) is 29.6 Å². The zero-order chi connectivity index (χ0) is 16.9. The summed E-state index contributed by atoms with van der Waals surface area (Å²) in [6.07, 6.45) is 1.51. The lowest BCUT2D eigenvalue weighted by molar-refractivity contribution is -0.141. The molecule has 0 aliphatic heterocycles. The summed E-state index contributed by atoms with van der Waals surface area (Å²) in [5, 5.41) is 3.72. The second-order valence-electron chi connectivity index (χ2n) is 4.72. The van der Waals surface area contributed by atoms with Gasteiger partial charge in [-0.25, -0.2) is 9.97 Å². The fraction of sp³-hybridized carbons (Fsp3) is 0.188. The molecule has 0 saturated heterocycles. The minimum absolute atomic E-state index is 0.166. The number of fused-ring (bicyclic) bond motifs is 1. The van der Waals surface area contributed by atoms with Gasteiger partial charge < -0.3 is 9.47 Å². The third-order valence-electron chi connectivity index (χ3n) is 3.18. The summed E-state index contributed by atoms with van der Waals surface area (Å²) >= 11 is 6.30. The molecule has 2 heterocycles. The van der Waals surface area contributed by atoms with Crippen LogP contribution in [0.2, 0.25) is 0 Å². The van der Waals surface area contributed by atoms with Crippen molar-refractivity contribution in [1.82, 2.24) is 9.97 Å². The Hall–Kier alpha value is -1.64. The highest BCUT2D eigenvalue weighted by atomic mass is 79.9. The smallest absolute Gasteiger partial charge is 0.316 e. The summed E-state index contributed by atoms with van der Waals surface area (Å²) in [7, 11) is 1.59. The van der Waals surface area contributed by atoms with E-state index in [0.29, 0.717) is 5.75 Å². The molecule has 0 aliphatic rings. The predicted molar refractivity (Wildman–Crippen MR) is 98.6 cm³/mol. The second-order valence-corrected chi connectivity index (χ2v) is 7.50. The molecular formula is C16H13BrN2O3S2. The Morgan fingerprint density at radius 2 is 2.21 bits per heavy atom. The third-order valence-corrected chi connectivity index (χ3v) is 5.48. The van der Waals surface area contributed by atoms with Crippen molar-refractivity contribution in [2.45, 2.75) is 11.6 Å². The summed E-state index contributed by atoms with van der Waals surface area (Å²) in [6, 6.07) is 7.54. The van der Waals surface area contributed by atoms with Gasteiger partial charge in [0.15, 0.2) is 0 Å². The Morgan fingerprint density at radius 3 is 3.04 bits per heavy atom. The molecule has 0 aliphatic carbocycles. The normalized spacial score (nSPS) is 10.8. The van der Waals surface area contributed by atoms with Crippen molar-refractivity contribution in [3.63, 3.8) is 0 Å². The number of thiophene rings is 1. The van der Waals surface area contributed by atoms with Gasteiger partial charge in [-0.1, -0.05) is 27.7 Å². The maximum Gasteiger partial charge on any atom is 0.316 e. The van der Waals surface area contributed by atoms with Gasteiger partial charge in [0.25, 0.3) is 0 Å². The number of ether oxygens (including phenoxy) is 2. The van der Waals surface area contributed by atoms with Crippen LogP contribution < -0.4 is 4.74 Å². The van der Waals surface area contributed by atoms with E-state index in [1.807, 2.05) is 29.6 Å².